The molecule has 0 fully saturated rings. The molecule has 0 saturated heterocycles. The minimum atomic E-state index is -2.06. The minimum absolute atomic E-state index is 0.417. The second-order valence-electron chi connectivity index (χ2n) is 5.35. The van der Waals surface area contributed by atoms with Crippen molar-refractivity contribution in [3.63, 3.8) is 0 Å². The topological polar surface area (TPSA) is 80.3 Å². The molecule has 0 heterocycles. The molecule has 0 atom stereocenters. The summed E-state index contributed by atoms with van der Waals surface area (Å²) in [6.07, 6.45) is 0. The Labute approximate surface area is 188 Å². The molecule has 0 aliphatic rings. The Morgan fingerprint density at radius 2 is 0.793 bits per heavy atom. The Morgan fingerprint density at radius 1 is 0.586 bits per heavy atom. The summed E-state index contributed by atoms with van der Waals surface area (Å²) < 4.78 is 4.61. The maximum absolute atomic E-state index is 9.12. The molecule has 0 unspecified atom stereocenters. The first kappa shape index (κ1) is 25.1. The molecule has 150 valence electrons. The Morgan fingerprint density at radius 3 is 0.966 bits per heavy atom. The van der Waals surface area contributed by atoms with Crippen molar-refractivity contribution in [2.45, 2.75) is 0 Å². The summed E-state index contributed by atoms with van der Waals surface area (Å²) in [6, 6.07) is 33.0. The predicted octanol–water partition coefficient (Wildman–Crippen LogP) is 0.153. The number of aliphatic carboxylic acids is 2. The van der Waals surface area contributed by atoms with Gasteiger partial charge in [0.15, 0.2) is 0 Å². The van der Waals surface area contributed by atoms with Crippen LogP contribution in [-0.2, 0) is 9.59 Å². The van der Waals surface area contributed by atoms with Crippen LogP contribution in [0.2, 0.25) is 0 Å². The molecule has 0 N–H and O–H groups in total. The molecule has 0 spiro atoms. The van der Waals surface area contributed by atoms with Crippen molar-refractivity contribution in [1.82, 2.24) is 0 Å². The Kier molecular flexibility index (Phi) is 13.0. The molecule has 3 rings (SSSR count). The fourth-order valence-corrected chi connectivity index (χ4v) is 11.1. The van der Waals surface area contributed by atoms with Gasteiger partial charge in [-0.2, -0.15) is 0 Å². The van der Waals surface area contributed by atoms with Gasteiger partial charge in [-0.15, -0.1) is 23.2 Å². The van der Waals surface area contributed by atoms with Crippen LogP contribution in [0.4, 0.5) is 0 Å². The van der Waals surface area contributed by atoms with Crippen LogP contribution in [0.3, 0.4) is 0 Å². The number of carboxylic acids is 2. The van der Waals surface area contributed by atoms with E-state index < -0.39 is 45.4 Å². The second kappa shape index (κ2) is 15.0. The van der Waals surface area contributed by atoms with Gasteiger partial charge in [-0.3, -0.25) is 0 Å². The summed E-state index contributed by atoms with van der Waals surface area (Å²) in [4.78, 5) is 18.2. The van der Waals surface area contributed by atoms with Gasteiger partial charge in [-0.25, -0.2) is 0 Å². The number of carboxylic acid groups (broad SMARTS) is 2. The second-order valence-corrected chi connectivity index (χ2v) is 14.5. The third-order valence-corrected chi connectivity index (χ3v) is 13.2. The van der Waals surface area contributed by atoms with Crippen LogP contribution in [0.1, 0.15) is 0 Å². The Balaban J connectivity index is 0.000000353. The number of carbonyl (C=O) groups excluding carboxylic acids is 2. The van der Waals surface area contributed by atoms with Crippen molar-refractivity contribution in [3.8, 4) is 0 Å². The molecule has 0 saturated carbocycles. The first-order chi connectivity index (χ1) is 14.0. The van der Waals surface area contributed by atoms with Gasteiger partial charge in [0, 0.05) is 0 Å². The number of halogens is 2. The average molecular weight is 627 g/mol. The molecule has 0 amide bonds. The van der Waals surface area contributed by atoms with Gasteiger partial charge >= 0.3 is 123 Å². The van der Waals surface area contributed by atoms with E-state index in [-0.39, 0.29) is 0 Å². The Hall–Kier alpha value is -1.94. The van der Waals surface area contributed by atoms with Crippen LogP contribution in [-0.4, -0.2) is 45.4 Å². The number of carbonyl (C=O) groups is 2. The molecule has 0 aromatic heterocycles. The molecular formula is C22H19BiCl2O4. The first-order valence-electron chi connectivity index (χ1n) is 8.46. The summed E-state index contributed by atoms with van der Waals surface area (Å²) in [5, 5.41) is 18.2. The predicted molar refractivity (Wildman–Crippen MR) is 115 cm³/mol. The molecule has 7 heteroatoms. The van der Waals surface area contributed by atoms with Gasteiger partial charge in [0.1, 0.15) is 0 Å². The van der Waals surface area contributed by atoms with E-state index in [9.17, 15) is 0 Å². The van der Waals surface area contributed by atoms with Crippen LogP contribution >= 0.6 is 23.2 Å². The van der Waals surface area contributed by atoms with Crippen molar-refractivity contribution in [3.05, 3.63) is 91.0 Å². The molecular weight excluding hydrogens is 608 g/mol. The van der Waals surface area contributed by atoms with Gasteiger partial charge in [0.2, 0.25) is 0 Å². The fourth-order valence-electron chi connectivity index (χ4n) is 2.18. The van der Waals surface area contributed by atoms with Crippen LogP contribution in [0.5, 0.6) is 0 Å². The van der Waals surface area contributed by atoms with Gasteiger partial charge in [0.05, 0.1) is 23.7 Å². The normalized spacial score (nSPS) is 9.17. The molecule has 0 radical (unpaired) electrons. The van der Waals surface area contributed by atoms with Crippen LogP contribution in [0.25, 0.3) is 0 Å². The molecule has 0 bridgehead atoms. The van der Waals surface area contributed by atoms with E-state index in [1.54, 1.807) is 0 Å². The van der Waals surface area contributed by atoms with Crippen molar-refractivity contribution in [2.75, 3.05) is 11.8 Å². The Bertz CT molecular complexity index is 739. The van der Waals surface area contributed by atoms with Crippen molar-refractivity contribution in [2.24, 2.45) is 0 Å². The zero-order valence-corrected chi connectivity index (χ0v) is 20.4. The molecule has 3 aromatic rings. The molecule has 0 aliphatic carbocycles. The zero-order valence-electron chi connectivity index (χ0n) is 15.4. The van der Waals surface area contributed by atoms with E-state index in [0.29, 0.717) is 0 Å². The summed E-state index contributed by atoms with van der Waals surface area (Å²) >= 11 is 7.29. The van der Waals surface area contributed by atoms with Gasteiger partial charge < -0.3 is 19.8 Å². The third-order valence-electron chi connectivity index (χ3n) is 3.26. The SMILES string of the molecule is O=C([O-])CCl.O=C([O-])CCl.c1cc[c]([Bi+2]([c]2ccccc2)[c]2ccccc2)cc1. The van der Waals surface area contributed by atoms with Crippen molar-refractivity contribution >= 4 is 66.7 Å². The van der Waals surface area contributed by atoms with Gasteiger partial charge in [0.25, 0.3) is 0 Å². The summed E-state index contributed by atoms with van der Waals surface area (Å²) in [6.45, 7) is 0. The monoisotopic (exact) mass is 626 g/mol. The standard InChI is InChI=1S/3C6H5.2C2H3ClO2.Bi/c3*1-2-4-6-5-3-1;2*3-1-2(4)5;/h3*1-5H;2*1H2,(H,4,5);/q;;;;;+2/p-2. The summed E-state index contributed by atoms with van der Waals surface area (Å²) in [7, 11) is 0. The average Bonchev–Trinajstić information content (AvgIpc) is 2.77. The maximum atomic E-state index is 9.12. The first-order valence-corrected chi connectivity index (χ1v) is 14.7. The van der Waals surface area contributed by atoms with Crippen molar-refractivity contribution in [1.29, 1.82) is 0 Å². The molecule has 29 heavy (non-hydrogen) atoms. The van der Waals surface area contributed by atoms with E-state index in [0.717, 1.165) is 0 Å². The van der Waals surface area contributed by atoms with E-state index >= 15 is 0 Å². The molecule has 0 aliphatic heterocycles. The molecule has 4 nitrogen and oxygen atoms in total. The number of hydrogen-bond acceptors (Lipinski definition) is 4. The van der Waals surface area contributed by atoms with Crippen LogP contribution in [0, 0.1) is 0 Å². The quantitative estimate of drug-likeness (QED) is 0.299. The molecule has 3 aromatic carbocycles. The summed E-state index contributed by atoms with van der Waals surface area (Å²) in [5.41, 5.74) is 0. The van der Waals surface area contributed by atoms with E-state index in [1.807, 2.05) is 0 Å². The van der Waals surface area contributed by atoms with Gasteiger partial charge in [-0.05, 0) is 0 Å². The van der Waals surface area contributed by atoms with E-state index in [4.69, 9.17) is 19.8 Å². The van der Waals surface area contributed by atoms with Crippen molar-refractivity contribution < 1.29 is 19.8 Å². The number of alkyl halides is 2. The van der Waals surface area contributed by atoms with E-state index in [2.05, 4.69) is 114 Å². The van der Waals surface area contributed by atoms with Crippen LogP contribution in [0.15, 0.2) is 91.0 Å². The number of rotatable bonds is 5. The van der Waals surface area contributed by atoms with Crippen LogP contribution < -0.4 is 20.0 Å². The third kappa shape index (κ3) is 10.4. The van der Waals surface area contributed by atoms with E-state index in [1.165, 1.54) is 9.81 Å². The zero-order chi connectivity index (χ0) is 21.5. The fraction of sp³-hybridized carbons (Fsp3) is 0.0909. The number of hydrogen-bond donors (Lipinski definition) is 0. The summed E-state index contributed by atoms with van der Waals surface area (Å²) in [5.74, 6) is -3.29. The van der Waals surface area contributed by atoms with Gasteiger partial charge in [-0.1, -0.05) is 0 Å². The number of benzene rings is 3.